The molecular weight excluding hydrogens is 470 g/mol. The molecule has 0 saturated heterocycles. The minimum atomic E-state index is -0.556. The van der Waals surface area contributed by atoms with Gasteiger partial charge in [0.15, 0.2) is 11.5 Å². The van der Waals surface area contributed by atoms with Crippen LogP contribution in [-0.2, 0) is 16.0 Å². The van der Waals surface area contributed by atoms with Gasteiger partial charge in [-0.3, -0.25) is 0 Å². The van der Waals surface area contributed by atoms with Crippen molar-refractivity contribution in [2.75, 3.05) is 18.5 Å². The maximum Gasteiger partial charge on any atom is 0.338 e. The van der Waals surface area contributed by atoms with Crippen molar-refractivity contribution in [2.45, 2.75) is 64.5 Å². The lowest BCUT2D eigenvalue weighted by Gasteiger charge is -2.30. The Labute approximate surface area is 216 Å². The average Bonchev–Trinajstić information content (AvgIpc) is 3.38. The van der Waals surface area contributed by atoms with Crippen LogP contribution >= 0.6 is 0 Å². The molecule has 37 heavy (non-hydrogen) atoms. The van der Waals surface area contributed by atoms with Crippen molar-refractivity contribution in [3.8, 4) is 11.5 Å². The number of benzene rings is 2. The fourth-order valence-electron chi connectivity index (χ4n) is 4.99. The quantitative estimate of drug-likeness (QED) is 0.413. The van der Waals surface area contributed by atoms with Gasteiger partial charge in [0.25, 0.3) is 0 Å². The highest BCUT2D eigenvalue weighted by Crippen LogP contribution is 2.39. The highest BCUT2D eigenvalue weighted by atomic mass is 16.5. The molecular formula is C28H33N5O4. The van der Waals surface area contributed by atoms with Crippen LogP contribution in [0.2, 0.25) is 0 Å². The minimum absolute atomic E-state index is 0.0585. The number of esters is 1. The number of tetrazole rings is 1. The van der Waals surface area contributed by atoms with Gasteiger partial charge in [0.2, 0.25) is 5.95 Å². The lowest BCUT2D eigenvalue weighted by atomic mass is 9.94. The molecule has 1 unspecified atom stereocenters. The summed E-state index contributed by atoms with van der Waals surface area (Å²) in [6.45, 7) is 4.78. The van der Waals surface area contributed by atoms with Crippen molar-refractivity contribution in [3.05, 3.63) is 70.9 Å². The van der Waals surface area contributed by atoms with Crippen LogP contribution in [0.4, 0.5) is 5.95 Å². The van der Waals surface area contributed by atoms with Gasteiger partial charge in [0.05, 0.1) is 18.8 Å². The molecule has 2 aromatic carbocycles. The molecule has 1 fully saturated rings. The smallest absolute Gasteiger partial charge is 0.338 e. The molecule has 1 aliphatic heterocycles. The standard InChI is InChI=1S/C28H33N5O4/c1-3-35-24-18-21(14-15-23(24)36-17-16-20-10-6-4-7-11-20)26-25(19(2)29-28-30-31-32-33(26)28)27(34)37-22-12-8-5-9-13-22/h4,6-7,10-11,14-15,18,22,26H,3,5,8-9,12-13,16-17H2,1-2H3,(H,29,30,32). The number of anilines is 1. The second-order valence-electron chi connectivity index (χ2n) is 9.40. The first-order valence-electron chi connectivity index (χ1n) is 13.0. The molecule has 0 bridgehead atoms. The van der Waals surface area contributed by atoms with Crippen molar-refractivity contribution in [1.29, 1.82) is 0 Å². The molecule has 2 aliphatic rings. The number of ether oxygens (including phenoxy) is 3. The van der Waals surface area contributed by atoms with E-state index in [1.165, 1.54) is 12.0 Å². The van der Waals surface area contributed by atoms with Crippen molar-refractivity contribution < 1.29 is 19.0 Å². The second kappa shape index (κ2) is 11.5. The molecule has 9 nitrogen and oxygen atoms in total. The van der Waals surface area contributed by atoms with Crippen LogP contribution < -0.4 is 14.8 Å². The van der Waals surface area contributed by atoms with Crippen LogP contribution in [0.25, 0.3) is 0 Å². The third kappa shape index (κ3) is 5.60. The summed E-state index contributed by atoms with van der Waals surface area (Å²) in [7, 11) is 0. The molecule has 1 aliphatic carbocycles. The Morgan fingerprint density at radius 1 is 1.05 bits per heavy atom. The monoisotopic (exact) mass is 503 g/mol. The summed E-state index contributed by atoms with van der Waals surface area (Å²) in [5.74, 6) is 1.39. The third-order valence-corrected chi connectivity index (χ3v) is 6.83. The average molecular weight is 504 g/mol. The van der Waals surface area contributed by atoms with Crippen LogP contribution in [-0.4, -0.2) is 45.5 Å². The van der Waals surface area contributed by atoms with Crippen molar-refractivity contribution in [3.63, 3.8) is 0 Å². The number of aromatic nitrogens is 4. The number of carbonyl (C=O) groups excluding carboxylic acids is 1. The van der Waals surface area contributed by atoms with Gasteiger partial charge in [0.1, 0.15) is 12.1 Å². The summed E-state index contributed by atoms with van der Waals surface area (Å²) in [5.41, 5.74) is 3.18. The van der Waals surface area contributed by atoms with E-state index >= 15 is 0 Å². The van der Waals surface area contributed by atoms with Gasteiger partial charge in [-0.2, -0.15) is 4.68 Å². The lowest BCUT2D eigenvalue weighted by molar-refractivity contribution is -0.146. The number of carbonyl (C=O) groups is 1. The minimum Gasteiger partial charge on any atom is -0.490 e. The highest BCUT2D eigenvalue weighted by molar-refractivity contribution is 5.92. The highest BCUT2D eigenvalue weighted by Gasteiger charge is 2.36. The number of rotatable bonds is 9. The first-order chi connectivity index (χ1) is 18.1. The molecule has 1 atom stereocenters. The Morgan fingerprint density at radius 2 is 1.86 bits per heavy atom. The lowest BCUT2D eigenvalue weighted by Crippen LogP contribution is -2.32. The van der Waals surface area contributed by atoms with Crippen LogP contribution in [0.15, 0.2) is 59.8 Å². The van der Waals surface area contributed by atoms with E-state index in [0.717, 1.165) is 37.7 Å². The van der Waals surface area contributed by atoms with E-state index in [1.54, 1.807) is 4.68 Å². The zero-order chi connectivity index (χ0) is 25.6. The Bertz CT molecular complexity index is 1250. The molecule has 5 rings (SSSR count). The molecule has 1 aromatic heterocycles. The van der Waals surface area contributed by atoms with Crippen LogP contribution in [0, 0.1) is 0 Å². The molecule has 0 amide bonds. The maximum absolute atomic E-state index is 13.5. The van der Waals surface area contributed by atoms with E-state index in [2.05, 4.69) is 33.0 Å². The van der Waals surface area contributed by atoms with Gasteiger partial charge in [0, 0.05) is 12.1 Å². The molecule has 0 spiro atoms. The summed E-state index contributed by atoms with van der Waals surface area (Å²) in [6, 6.07) is 15.4. The Hall–Kier alpha value is -3.88. The first-order valence-corrected chi connectivity index (χ1v) is 13.0. The fourth-order valence-corrected chi connectivity index (χ4v) is 4.99. The first kappa shape index (κ1) is 24.8. The number of hydrogen-bond acceptors (Lipinski definition) is 8. The second-order valence-corrected chi connectivity index (χ2v) is 9.40. The molecule has 3 aromatic rings. The molecule has 2 heterocycles. The van der Waals surface area contributed by atoms with Crippen molar-refractivity contribution in [1.82, 2.24) is 20.2 Å². The fraction of sp³-hybridized carbons (Fsp3) is 0.429. The summed E-state index contributed by atoms with van der Waals surface area (Å²) in [5, 5.41) is 15.3. The molecule has 194 valence electrons. The predicted octanol–water partition coefficient (Wildman–Crippen LogP) is 4.86. The van der Waals surface area contributed by atoms with Gasteiger partial charge >= 0.3 is 5.97 Å². The van der Waals surface area contributed by atoms with Gasteiger partial charge in [-0.15, -0.1) is 0 Å². The molecule has 0 radical (unpaired) electrons. The van der Waals surface area contributed by atoms with E-state index in [0.29, 0.717) is 41.9 Å². The number of hydrogen-bond donors (Lipinski definition) is 1. The van der Waals surface area contributed by atoms with Gasteiger partial charge in [-0.25, -0.2) is 4.79 Å². The summed E-state index contributed by atoms with van der Waals surface area (Å²) < 4.78 is 19.6. The van der Waals surface area contributed by atoms with Gasteiger partial charge in [-0.05, 0) is 73.2 Å². The molecule has 1 saturated carbocycles. The van der Waals surface area contributed by atoms with Crippen LogP contribution in [0.5, 0.6) is 11.5 Å². The summed E-state index contributed by atoms with van der Waals surface area (Å²) in [4.78, 5) is 13.5. The number of allylic oxidation sites excluding steroid dienone is 1. The van der Waals surface area contributed by atoms with E-state index in [1.807, 2.05) is 50.2 Å². The largest absolute Gasteiger partial charge is 0.490 e. The predicted molar refractivity (Wildman–Crippen MR) is 138 cm³/mol. The topological polar surface area (TPSA) is 100 Å². The Kier molecular flexibility index (Phi) is 7.67. The Balaban J connectivity index is 1.42. The summed E-state index contributed by atoms with van der Waals surface area (Å²) in [6.07, 6.45) is 5.88. The SMILES string of the molecule is CCOc1cc(C2C(C(=O)OC3CCCCC3)=C(C)Nc3nnnn32)ccc1OCCc1ccccc1. The zero-order valence-electron chi connectivity index (χ0n) is 21.4. The maximum atomic E-state index is 13.5. The number of nitrogens with zero attached hydrogens (tertiary/aromatic N) is 4. The van der Waals surface area contributed by atoms with E-state index in [9.17, 15) is 4.79 Å². The van der Waals surface area contributed by atoms with Crippen molar-refractivity contribution in [2.24, 2.45) is 0 Å². The van der Waals surface area contributed by atoms with Gasteiger partial charge in [-0.1, -0.05) is 47.9 Å². The molecule has 1 N–H and O–H groups in total. The van der Waals surface area contributed by atoms with E-state index < -0.39 is 6.04 Å². The zero-order valence-corrected chi connectivity index (χ0v) is 21.4. The van der Waals surface area contributed by atoms with Crippen LogP contribution in [0.1, 0.15) is 63.1 Å². The van der Waals surface area contributed by atoms with Gasteiger partial charge < -0.3 is 19.5 Å². The summed E-state index contributed by atoms with van der Waals surface area (Å²) >= 11 is 0. The normalized spacial score (nSPS) is 17.6. The van der Waals surface area contributed by atoms with E-state index in [-0.39, 0.29) is 12.1 Å². The number of fused-ring (bicyclic) bond motifs is 1. The van der Waals surface area contributed by atoms with E-state index in [4.69, 9.17) is 14.2 Å². The van der Waals surface area contributed by atoms with Crippen molar-refractivity contribution >= 4 is 11.9 Å². The number of nitrogens with one attached hydrogen (secondary N) is 1. The van der Waals surface area contributed by atoms with Crippen LogP contribution in [0.3, 0.4) is 0 Å². The molecule has 9 heteroatoms. The Morgan fingerprint density at radius 3 is 2.65 bits per heavy atom. The third-order valence-electron chi connectivity index (χ3n) is 6.83.